The van der Waals surface area contributed by atoms with Gasteiger partial charge in [-0.1, -0.05) is 53.2 Å². The number of benzene rings is 3. The zero-order chi connectivity index (χ0) is 17.6. The third kappa shape index (κ3) is 2.97. The van der Waals surface area contributed by atoms with E-state index in [1.165, 1.54) is 16.0 Å². The number of hydrogen-bond donors (Lipinski definition) is 0. The maximum Gasteiger partial charge on any atom is 0.195 e. The van der Waals surface area contributed by atoms with Gasteiger partial charge in [0.15, 0.2) is 5.43 Å². The van der Waals surface area contributed by atoms with E-state index in [0.29, 0.717) is 10.4 Å². The second-order valence-electron chi connectivity index (χ2n) is 6.05. The fraction of sp³-hybridized carbons (Fsp3) is 0.0952. The molecule has 1 aromatic heterocycles. The Morgan fingerprint density at radius 1 is 0.920 bits per heavy atom. The Morgan fingerprint density at radius 2 is 1.68 bits per heavy atom. The van der Waals surface area contributed by atoms with E-state index in [-0.39, 0.29) is 5.43 Å². The number of halogens is 1. The standard InChI is InChI=1S/C21H15ClOS2/c1-12-7-9-16(13(2)11-12)24-18-10-8-15-20(23)14-5-3-4-6-17(14)25-21(15)19(18)22/h3-11H,1-2H3. The topological polar surface area (TPSA) is 17.1 Å². The maximum atomic E-state index is 12.7. The Labute approximate surface area is 159 Å². The van der Waals surface area contributed by atoms with Crippen LogP contribution in [0.3, 0.4) is 0 Å². The van der Waals surface area contributed by atoms with Crippen LogP contribution in [-0.4, -0.2) is 0 Å². The molecule has 3 aromatic carbocycles. The van der Waals surface area contributed by atoms with Gasteiger partial charge >= 0.3 is 0 Å². The molecule has 1 nitrogen and oxygen atoms in total. The van der Waals surface area contributed by atoms with Crippen molar-refractivity contribution in [1.29, 1.82) is 0 Å². The van der Waals surface area contributed by atoms with E-state index >= 15 is 0 Å². The van der Waals surface area contributed by atoms with E-state index in [2.05, 4.69) is 32.0 Å². The normalized spacial score (nSPS) is 11.3. The van der Waals surface area contributed by atoms with Gasteiger partial charge in [-0.2, -0.15) is 0 Å². The molecular formula is C21H15ClOS2. The largest absolute Gasteiger partial charge is 0.289 e. The summed E-state index contributed by atoms with van der Waals surface area (Å²) in [6.07, 6.45) is 0. The lowest BCUT2D eigenvalue weighted by molar-refractivity contribution is 1.26. The second kappa shape index (κ2) is 6.49. The lowest BCUT2D eigenvalue weighted by Gasteiger charge is -2.10. The van der Waals surface area contributed by atoms with E-state index in [1.807, 2.05) is 36.4 Å². The Balaban J connectivity index is 1.90. The molecule has 0 spiro atoms. The van der Waals surface area contributed by atoms with Crippen molar-refractivity contribution < 1.29 is 0 Å². The predicted molar refractivity (Wildman–Crippen MR) is 111 cm³/mol. The van der Waals surface area contributed by atoms with Crippen LogP contribution < -0.4 is 5.43 Å². The van der Waals surface area contributed by atoms with Crippen molar-refractivity contribution in [3.8, 4) is 0 Å². The van der Waals surface area contributed by atoms with Gasteiger partial charge in [0.05, 0.1) is 9.72 Å². The van der Waals surface area contributed by atoms with E-state index in [0.717, 1.165) is 19.7 Å². The van der Waals surface area contributed by atoms with Crippen molar-refractivity contribution in [2.24, 2.45) is 0 Å². The zero-order valence-corrected chi connectivity index (χ0v) is 16.2. The van der Waals surface area contributed by atoms with Crippen molar-refractivity contribution in [3.05, 3.63) is 81.0 Å². The first-order valence-electron chi connectivity index (χ1n) is 7.94. The fourth-order valence-electron chi connectivity index (χ4n) is 2.93. The van der Waals surface area contributed by atoms with Crippen LogP contribution in [-0.2, 0) is 0 Å². The summed E-state index contributed by atoms with van der Waals surface area (Å²) in [7, 11) is 0. The molecular weight excluding hydrogens is 368 g/mol. The monoisotopic (exact) mass is 382 g/mol. The molecule has 4 aromatic rings. The molecule has 0 saturated heterocycles. The molecule has 0 saturated carbocycles. The highest BCUT2D eigenvalue weighted by Gasteiger charge is 2.13. The maximum absolute atomic E-state index is 12.7. The lowest BCUT2D eigenvalue weighted by atomic mass is 10.2. The molecule has 0 aliphatic rings. The van der Waals surface area contributed by atoms with Crippen LogP contribution in [0.5, 0.6) is 0 Å². The van der Waals surface area contributed by atoms with Crippen molar-refractivity contribution in [3.63, 3.8) is 0 Å². The molecule has 0 aliphatic heterocycles. The van der Waals surface area contributed by atoms with Gasteiger partial charge in [-0.3, -0.25) is 4.79 Å². The second-order valence-corrected chi connectivity index (χ2v) is 8.57. The first-order valence-corrected chi connectivity index (χ1v) is 9.95. The molecule has 4 rings (SSSR count). The van der Waals surface area contributed by atoms with Gasteiger partial charge in [-0.15, -0.1) is 11.3 Å². The molecule has 124 valence electrons. The van der Waals surface area contributed by atoms with Gasteiger partial charge in [0.2, 0.25) is 0 Å². The Bertz CT molecular complexity index is 1180. The molecule has 0 aliphatic carbocycles. The number of aryl methyl sites for hydroxylation is 2. The SMILES string of the molecule is Cc1ccc(Sc2ccc3c(=O)c4ccccc4sc3c2Cl)c(C)c1. The van der Waals surface area contributed by atoms with Gasteiger partial charge in [0.1, 0.15) is 0 Å². The Hall–Kier alpha value is -1.81. The number of fused-ring (bicyclic) bond motifs is 2. The van der Waals surface area contributed by atoms with Crippen LogP contribution in [0.15, 0.2) is 69.2 Å². The van der Waals surface area contributed by atoms with Crippen LogP contribution in [0.4, 0.5) is 0 Å². The summed E-state index contributed by atoms with van der Waals surface area (Å²) in [6, 6.07) is 18.0. The lowest BCUT2D eigenvalue weighted by Crippen LogP contribution is -2.01. The average molecular weight is 383 g/mol. The first kappa shape index (κ1) is 16.6. The highest BCUT2D eigenvalue weighted by Crippen LogP contribution is 2.40. The zero-order valence-electron chi connectivity index (χ0n) is 13.8. The third-order valence-electron chi connectivity index (χ3n) is 4.20. The minimum atomic E-state index is 0.0503. The summed E-state index contributed by atoms with van der Waals surface area (Å²) < 4.78 is 1.83. The summed E-state index contributed by atoms with van der Waals surface area (Å²) in [5.41, 5.74) is 2.53. The van der Waals surface area contributed by atoms with Crippen molar-refractivity contribution >= 4 is 54.9 Å². The Kier molecular flexibility index (Phi) is 4.32. The molecule has 25 heavy (non-hydrogen) atoms. The molecule has 0 fully saturated rings. The predicted octanol–water partition coefficient (Wildman–Crippen LogP) is 6.84. The minimum absolute atomic E-state index is 0.0503. The highest BCUT2D eigenvalue weighted by atomic mass is 35.5. The van der Waals surface area contributed by atoms with Crippen LogP contribution >= 0.6 is 34.7 Å². The summed E-state index contributed by atoms with van der Waals surface area (Å²) >= 11 is 9.92. The molecule has 0 unspecified atom stereocenters. The average Bonchev–Trinajstić information content (AvgIpc) is 2.60. The summed E-state index contributed by atoms with van der Waals surface area (Å²) in [5, 5.41) is 2.11. The van der Waals surface area contributed by atoms with Crippen molar-refractivity contribution in [2.75, 3.05) is 0 Å². The summed E-state index contributed by atoms with van der Waals surface area (Å²) in [6.45, 7) is 4.20. The van der Waals surface area contributed by atoms with Crippen LogP contribution in [0.25, 0.3) is 20.2 Å². The Morgan fingerprint density at radius 3 is 2.48 bits per heavy atom. The molecule has 0 bridgehead atoms. The number of rotatable bonds is 2. The molecule has 4 heteroatoms. The van der Waals surface area contributed by atoms with E-state index in [1.54, 1.807) is 23.1 Å². The van der Waals surface area contributed by atoms with Gasteiger partial charge in [0, 0.05) is 25.3 Å². The highest BCUT2D eigenvalue weighted by molar-refractivity contribution is 7.99. The molecule has 0 atom stereocenters. The molecule has 0 N–H and O–H groups in total. The van der Waals surface area contributed by atoms with E-state index in [4.69, 9.17) is 11.6 Å². The van der Waals surface area contributed by atoms with E-state index in [9.17, 15) is 4.79 Å². The third-order valence-corrected chi connectivity index (χ3v) is 7.26. The minimum Gasteiger partial charge on any atom is -0.289 e. The van der Waals surface area contributed by atoms with Crippen LogP contribution in [0, 0.1) is 13.8 Å². The summed E-state index contributed by atoms with van der Waals surface area (Å²) in [5.74, 6) is 0. The first-order chi connectivity index (χ1) is 12.0. The van der Waals surface area contributed by atoms with Gasteiger partial charge in [0.25, 0.3) is 0 Å². The number of hydrogen-bond acceptors (Lipinski definition) is 3. The van der Waals surface area contributed by atoms with Gasteiger partial charge < -0.3 is 0 Å². The molecule has 0 amide bonds. The quantitative estimate of drug-likeness (QED) is 0.353. The molecule has 1 heterocycles. The van der Waals surface area contributed by atoms with Crippen LogP contribution in [0.1, 0.15) is 11.1 Å². The van der Waals surface area contributed by atoms with Gasteiger partial charge in [-0.25, -0.2) is 0 Å². The molecule has 0 radical (unpaired) electrons. The summed E-state index contributed by atoms with van der Waals surface area (Å²) in [4.78, 5) is 14.9. The van der Waals surface area contributed by atoms with E-state index < -0.39 is 0 Å². The smallest absolute Gasteiger partial charge is 0.195 e. The van der Waals surface area contributed by atoms with Crippen LogP contribution in [0.2, 0.25) is 5.02 Å². The van der Waals surface area contributed by atoms with Gasteiger partial charge in [-0.05, 0) is 49.7 Å². The van der Waals surface area contributed by atoms with Crippen molar-refractivity contribution in [2.45, 2.75) is 23.6 Å². The fourth-order valence-corrected chi connectivity index (χ4v) is 5.41. The van der Waals surface area contributed by atoms with Crippen molar-refractivity contribution in [1.82, 2.24) is 0 Å².